The molecule has 0 bridgehead atoms. The van der Waals surface area contributed by atoms with Crippen LogP contribution in [0.5, 0.6) is 0 Å². The first-order valence-corrected chi connectivity index (χ1v) is 18.3. The van der Waals surface area contributed by atoms with Crippen molar-refractivity contribution in [2.75, 3.05) is 7.11 Å². The van der Waals surface area contributed by atoms with Crippen molar-refractivity contribution < 1.29 is 14.3 Å². The van der Waals surface area contributed by atoms with E-state index in [1.54, 1.807) is 0 Å². The molecule has 5 aliphatic rings. The number of carbonyl (C=O) groups is 1. The van der Waals surface area contributed by atoms with Gasteiger partial charge < -0.3 is 9.47 Å². The standard InChI is InChI=1S/C38H63NO3/c1-28-4-18-34(19-5-28)39(35-20-10-30(11-21-35)6-8-32-14-24-37(41-3)25-15-32)36-22-12-31(13-23-36)7-9-33-16-26-38(27-17-33)42-29(2)40/h6-9,28,30-38H,4-5,10-27H2,1-3H3/b8-6+,9-7+. The first-order valence-electron chi connectivity index (χ1n) is 18.3. The van der Waals surface area contributed by atoms with Gasteiger partial charge in [-0.3, -0.25) is 9.69 Å². The summed E-state index contributed by atoms with van der Waals surface area (Å²) < 4.78 is 11.0. The molecule has 0 amide bonds. The lowest BCUT2D eigenvalue weighted by atomic mass is 9.77. The fraction of sp³-hybridized carbons (Fsp3) is 0.868. The fourth-order valence-electron chi connectivity index (χ4n) is 9.40. The van der Waals surface area contributed by atoms with Crippen LogP contribution in [0.15, 0.2) is 24.3 Å². The Morgan fingerprint density at radius 1 is 0.524 bits per heavy atom. The summed E-state index contributed by atoms with van der Waals surface area (Å²) in [7, 11) is 1.88. The summed E-state index contributed by atoms with van der Waals surface area (Å²) >= 11 is 0. The summed E-state index contributed by atoms with van der Waals surface area (Å²) in [5.41, 5.74) is 0. The molecule has 5 fully saturated rings. The molecule has 4 heteroatoms. The van der Waals surface area contributed by atoms with E-state index in [1.807, 2.05) is 7.11 Å². The lowest BCUT2D eigenvalue weighted by Crippen LogP contribution is -2.52. The highest BCUT2D eigenvalue weighted by Crippen LogP contribution is 2.40. The van der Waals surface area contributed by atoms with Gasteiger partial charge in [0.25, 0.3) is 0 Å². The van der Waals surface area contributed by atoms with Crippen LogP contribution in [0.2, 0.25) is 0 Å². The Labute approximate surface area is 258 Å². The maximum atomic E-state index is 11.3. The topological polar surface area (TPSA) is 38.8 Å². The van der Waals surface area contributed by atoms with Gasteiger partial charge in [-0.2, -0.15) is 0 Å². The summed E-state index contributed by atoms with van der Waals surface area (Å²) in [5, 5.41) is 0. The summed E-state index contributed by atoms with van der Waals surface area (Å²) in [4.78, 5) is 14.4. The maximum Gasteiger partial charge on any atom is 0.302 e. The van der Waals surface area contributed by atoms with Gasteiger partial charge in [-0.15, -0.1) is 0 Å². The van der Waals surface area contributed by atoms with E-state index in [2.05, 4.69) is 36.1 Å². The minimum atomic E-state index is -0.122. The third-order valence-electron chi connectivity index (χ3n) is 12.1. The molecule has 0 aliphatic heterocycles. The van der Waals surface area contributed by atoms with Gasteiger partial charge in [-0.1, -0.05) is 31.2 Å². The van der Waals surface area contributed by atoms with Gasteiger partial charge in [0.1, 0.15) is 6.10 Å². The van der Waals surface area contributed by atoms with Crippen molar-refractivity contribution in [3.63, 3.8) is 0 Å². The van der Waals surface area contributed by atoms with Gasteiger partial charge in [-0.05, 0) is 158 Å². The zero-order valence-electron chi connectivity index (χ0n) is 27.4. The quantitative estimate of drug-likeness (QED) is 0.201. The molecule has 0 aromatic heterocycles. The Hall–Kier alpha value is -1.13. The second-order valence-electron chi connectivity index (χ2n) is 15.2. The van der Waals surface area contributed by atoms with Crippen LogP contribution < -0.4 is 0 Å². The predicted molar refractivity (Wildman–Crippen MR) is 173 cm³/mol. The average molecular weight is 582 g/mol. The summed E-state index contributed by atoms with van der Waals surface area (Å²) in [5.74, 6) is 3.84. The molecule has 238 valence electrons. The normalized spacial score (nSPS) is 40.5. The minimum absolute atomic E-state index is 0.122. The monoisotopic (exact) mass is 581 g/mol. The van der Waals surface area contributed by atoms with E-state index in [-0.39, 0.29) is 12.1 Å². The van der Waals surface area contributed by atoms with Crippen LogP contribution in [-0.2, 0) is 14.3 Å². The molecule has 0 N–H and O–H groups in total. The van der Waals surface area contributed by atoms with E-state index >= 15 is 0 Å². The Bertz CT molecular complexity index is 844. The molecule has 0 aromatic rings. The third-order valence-corrected chi connectivity index (χ3v) is 12.1. The van der Waals surface area contributed by atoms with E-state index in [0.29, 0.717) is 12.0 Å². The SMILES string of the molecule is COC1CCC(/C=C/C2CCC(N(C3CCC(C)CC3)C3CCC(/C=C/C4CCC(OC(C)=O)CC4)CC3)CC2)CC1. The van der Waals surface area contributed by atoms with Crippen LogP contribution in [0.1, 0.15) is 142 Å². The van der Waals surface area contributed by atoms with Gasteiger partial charge >= 0.3 is 5.97 Å². The molecule has 5 aliphatic carbocycles. The van der Waals surface area contributed by atoms with Crippen LogP contribution in [-0.4, -0.2) is 48.3 Å². The van der Waals surface area contributed by atoms with Crippen molar-refractivity contribution in [2.24, 2.45) is 29.6 Å². The predicted octanol–water partition coefficient (Wildman–Crippen LogP) is 9.42. The Kier molecular flexibility index (Phi) is 12.5. The maximum absolute atomic E-state index is 11.3. The fourth-order valence-corrected chi connectivity index (χ4v) is 9.40. The Morgan fingerprint density at radius 3 is 1.21 bits per heavy atom. The van der Waals surface area contributed by atoms with Crippen LogP contribution in [0.3, 0.4) is 0 Å². The third kappa shape index (κ3) is 9.43. The molecule has 5 saturated carbocycles. The molecular weight excluding hydrogens is 518 g/mol. The largest absolute Gasteiger partial charge is 0.463 e. The minimum Gasteiger partial charge on any atom is -0.463 e. The number of hydrogen-bond donors (Lipinski definition) is 0. The van der Waals surface area contributed by atoms with Gasteiger partial charge in [0, 0.05) is 32.2 Å². The number of nitrogens with zero attached hydrogens (tertiary/aromatic N) is 1. The molecule has 0 radical (unpaired) electrons. The lowest BCUT2D eigenvalue weighted by molar-refractivity contribution is -0.148. The van der Waals surface area contributed by atoms with Gasteiger partial charge in [0.15, 0.2) is 0 Å². The average Bonchev–Trinajstić information content (AvgIpc) is 3.02. The van der Waals surface area contributed by atoms with E-state index in [4.69, 9.17) is 9.47 Å². The van der Waals surface area contributed by atoms with E-state index in [1.165, 1.54) is 122 Å². The van der Waals surface area contributed by atoms with E-state index in [9.17, 15) is 4.79 Å². The van der Waals surface area contributed by atoms with Crippen molar-refractivity contribution >= 4 is 5.97 Å². The molecule has 0 unspecified atom stereocenters. The highest BCUT2D eigenvalue weighted by Gasteiger charge is 2.37. The highest BCUT2D eigenvalue weighted by atomic mass is 16.5. The van der Waals surface area contributed by atoms with E-state index < -0.39 is 0 Å². The molecule has 42 heavy (non-hydrogen) atoms. The van der Waals surface area contributed by atoms with Crippen molar-refractivity contribution in [3.05, 3.63) is 24.3 Å². The molecule has 0 aromatic carbocycles. The first kappa shape index (κ1) is 32.3. The number of carbonyl (C=O) groups excluding carboxylic acids is 1. The second kappa shape index (κ2) is 16.3. The van der Waals surface area contributed by atoms with Gasteiger partial charge in [-0.25, -0.2) is 0 Å². The van der Waals surface area contributed by atoms with E-state index in [0.717, 1.165) is 54.6 Å². The summed E-state index contributed by atoms with van der Waals surface area (Å²) in [6.45, 7) is 4.01. The zero-order valence-corrected chi connectivity index (χ0v) is 27.4. The Morgan fingerprint density at radius 2 is 0.857 bits per heavy atom. The number of hydrogen-bond acceptors (Lipinski definition) is 4. The number of rotatable bonds is 9. The molecule has 0 saturated heterocycles. The molecule has 5 rings (SSSR count). The number of ether oxygens (including phenoxy) is 2. The van der Waals surface area contributed by atoms with Gasteiger partial charge in [0.2, 0.25) is 0 Å². The van der Waals surface area contributed by atoms with Crippen LogP contribution >= 0.6 is 0 Å². The van der Waals surface area contributed by atoms with Crippen LogP contribution in [0.25, 0.3) is 0 Å². The van der Waals surface area contributed by atoms with Crippen LogP contribution in [0.4, 0.5) is 0 Å². The number of methoxy groups -OCH3 is 1. The lowest BCUT2D eigenvalue weighted by Gasteiger charge is -2.49. The van der Waals surface area contributed by atoms with Crippen molar-refractivity contribution in [3.8, 4) is 0 Å². The van der Waals surface area contributed by atoms with Gasteiger partial charge in [0.05, 0.1) is 6.10 Å². The first-order chi connectivity index (χ1) is 20.5. The molecular formula is C38H63NO3. The Balaban J connectivity index is 1.10. The molecule has 0 atom stereocenters. The molecule has 0 heterocycles. The number of esters is 1. The van der Waals surface area contributed by atoms with Crippen molar-refractivity contribution in [2.45, 2.75) is 173 Å². The number of allylic oxidation sites excluding steroid dienone is 4. The summed E-state index contributed by atoms with van der Waals surface area (Å²) in [6, 6.07) is 2.45. The smallest absolute Gasteiger partial charge is 0.302 e. The van der Waals surface area contributed by atoms with Crippen LogP contribution in [0, 0.1) is 29.6 Å². The second-order valence-corrected chi connectivity index (χ2v) is 15.2. The summed E-state index contributed by atoms with van der Waals surface area (Å²) in [6.07, 6.45) is 37.4. The van der Waals surface area contributed by atoms with Crippen molar-refractivity contribution in [1.82, 2.24) is 4.90 Å². The highest BCUT2D eigenvalue weighted by molar-refractivity contribution is 5.66. The molecule has 0 spiro atoms. The zero-order chi connectivity index (χ0) is 29.3. The molecule has 4 nitrogen and oxygen atoms in total. The van der Waals surface area contributed by atoms with Crippen molar-refractivity contribution in [1.29, 1.82) is 0 Å².